The SMILES string of the molecule is CC(=O)C1CCC(c2cccc(N)n2)CC1. The van der Waals surface area contributed by atoms with Crippen LogP contribution in [0.15, 0.2) is 18.2 Å². The second-order valence-corrected chi connectivity index (χ2v) is 4.65. The highest BCUT2D eigenvalue weighted by Gasteiger charge is 2.25. The highest BCUT2D eigenvalue weighted by atomic mass is 16.1. The van der Waals surface area contributed by atoms with Crippen LogP contribution in [0.3, 0.4) is 0 Å². The van der Waals surface area contributed by atoms with Gasteiger partial charge in [0, 0.05) is 17.5 Å². The molecule has 1 aromatic heterocycles. The molecule has 1 heterocycles. The standard InChI is InChI=1S/C13H18N2O/c1-9(16)10-5-7-11(8-6-10)12-3-2-4-13(14)15-12/h2-4,10-11H,5-8H2,1H3,(H2,14,15). The second kappa shape index (κ2) is 4.64. The molecule has 1 aliphatic carbocycles. The molecule has 0 bridgehead atoms. The molecule has 0 radical (unpaired) electrons. The first kappa shape index (κ1) is 11.1. The van der Waals surface area contributed by atoms with Gasteiger partial charge < -0.3 is 5.73 Å². The van der Waals surface area contributed by atoms with E-state index in [1.807, 2.05) is 18.2 Å². The predicted octanol–water partition coefficient (Wildman–Crippen LogP) is 2.53. The van der Waals surface area contributed by atoms with E-state index in [0.717, 1.165) is 31.4 Å². The van der Waals surface area contributed by atoms with Crippen LogP contribution in [0.1, 0.15) is 44.2 Å². The molecule has 0 aromatic carbocycles. The Hall–Kier alpha value is -1.38. The number of aromatic nitrogens is 1. The van der Waals surface area contributed by atoms with E-state index < -0.39 is 0 Å². The zero-order valence-corrected chi connectivity index (χ0v) is 9.65. The first-order chi connectivity index (χ1) is 7.66. The zero-order valence-electron chi connectivity index (χ0n) is 9.65. The minimum Gasteiger partial charge on any atom is -0.384 e. The summed E-state index contributed by atoms with van der Waals surface area (Å²) in [5.74, 6) is 1.68. The molecular formula is C13H18N2O. The van der Waals surface area contributed by atoms with Crippen molar-refractivity contribution < 1.29 is 4.79 Å². The number of Topliss-reactive ketones (excluding diaryl/α,β-unsaturated/α-hetero) is 1. The van der Waals surface area contributed by atoms with Crippen LogP contribution >= 0.6 is 0 Å². The summed E-state index contributed by atoms with van der Waals surface area (Å²) in [5.41, 5.74) is 6.76. The maximum atomic E-state index is 11.3. The number of hydrogen-bond acceptors (Lipinski definition) is 3. The molecule has 1 aromatic rings. The quantitative estimate of drug-likeness (QED) is 0.829. The Kier molecular flexibility index (Phi) is 3.22. The lowest BCUT2D eigenvalue weighted by molar-refractivity contribution is -0.121. The van der Waals surface area contributed by atoms with Gasteiger partial charge >= 0.3 is 0 Å². The van der Waals surface area contributed by atoms with Crippen LogP contribution in [0.5, 0.6) is 0 Å². The van der Waals surface area contributed by atoms with Gasteiger partial charge in [-0.15, -0.1) is 0 Å². The Bertz CT molecular complexity index is 381. The van der Waals surface area contributed by atoms with Gasteiger partial charge in [0.25, 0.3) is 0 Å². The second-order valence-electron chi connectivity index (χ2n) is 4.65. The van der Waals surface area contributed by atoms with Gasteiger partial charge in [0.05, 0.1) is 0 Å². The summed E-state index contributed by atoms with van der Waals surface area (Å²) >= 11 is 0. The van der Waals surface area contributed by atoms with Gasteiger partial charge in [0.1, 0.15) is 11.6 Å². The van der Waals surface area contributed by atoms with Crippen molar-refractivity contribution in [1.29, 1.82) is 0 Å². The van der Waals surface area contributed by atoms with E-state index in [4.69, 9.17) is 5.73 Å². The molecule has 1 aliphatic rings. The molecule has 0 aliphatic heterocycles. The number of nitrogens with two attached hydrogens (primary N) is 1. The highest BCUT2D eigenvalue weighted by molar-refractivity contribution is 5.78. The fraction of sp³-hybridized carbons (Fsp3) is 0.538. The first-order valence-corrected chi connectivity index (χ1v) is 5.89. The highest BCUT2D eigenvalue weighted by Crippen LogP contribution is 2.35. The first-order valence-electron chi connectivity index (χ1n) is 5.89. The third kappa shape index (κ3) is 2.40. The Morgan fingerprint density at radius 2 is 2.00 bits per heavy atom. The van der Waals surface area contributed by atoms with Crippen LogP contribution in [-0.4, -0.2) is 10.8 Å². The summed E-state index contributed by atoms with van der Waals surface area (Å²) < 4.78 is 0. The van der Waals surface area contributed by atoms with Crippen LogP contribution in [-0.2, 0) is 4.79 Å². The summed E-state index contributed by atoms with van der Waals surface area (Å²) in [7, 11) is 0. The van der Waals surface area contributed by atoms with Crippen LogP contribution < -0.4 is 5.73 Å². The lowest BCUT2D eigenvalue weighted by Crippen LogP contribution is -2.19. The van der Waals surface area contributed by atoms with Crippen molar-refractivity contribution in [2.24, 2.45) is 5.92 Å². The number of anilines is 1. The van der Waals surface area contributed by atoms with Crippen LogP contribution in [0, 0.1) is 5.92 Å². The van der Waals surface area contributed by atoms with Gasteiger partial charge in [-0.2, -0.15) is 0 Å². The van der Waals surface area contributed by atoms with E-state index in [-0.39, 0.29) is 5.92 Å². The molecule has 86 valence electrons. The van der Waals surface area contributed by atoms with Crippen LogP contribution in [0.2, 0.25) is 0 Å². The summed E-state index contributed by atoms with van der Waals surface area (Å²) in [6.45, 7) is 1.70. The number of pyridine rings is 1. The monoisotopic (exact) mass is 218 g/mol. The van der Waals surface area contributed by atoms with Crippen molar-refractivity contribution in [3.63, 3.8) is 0 Å². The summed E-state index contributed by atoms with van der Waals surface area (Å²) in [6, 6.07) is 5.80. The van der Waals surface area contributed by atoms with Gasteiger partial charge in [-0.1, -0.05) is 6.07 Å². The average molecular weight is 218 g/mol. The third-order valence-electron chi connectivity index (χ3n) is 3.51. The minimum atomic E-state index is 0.275. The van der Waals surface area contributed by atoms with Crippen molar-refractivity contribution >= 4 is 11.6 Å². The fourth-order valence-electron chi connectivity index (χ4n) is 2.49. The molecule has 3 nitrogen and oxygen atoms in total. The van der Waals surface area contributed by atoms with Crippen molar-refractivity contribution in [2.45, 2.75) is 38.5 Å². The molecule has 3 heteroatoms. The number of hydrogen-bond donors (Lipinski definition) is 1. The lowest BCUT2D eigenvalue weighted by atomic mass is 9.79. The minimum absolute atomic E-state index is 0.275. The van der Waals surface area contributed by atoms with Gasteiger partial charge in [-0.25, -0.2) is 4.98 Å². The normalized spacial score (nSPS) is 25.3. The molecule has 2 N–H and O–H groups in total. The molecular weight excluding hydrogens is 200 g/mol. The smallest absolute Gasteiger partial charge is 0.132 e. The molecule has 0 saturated heterocycles. The Morgan fingerprint density at radius 3 is 2.56 bits per heavy atom. The van der Waals surface area contributed by atoms with Crippen molar-refractivity contribution in [3.8, 4) is 0 Å². The zero-order chi connectivity index (χ0) is 11.5. The van der Waals surface area contributed by atoms with E-state index in [0.29, 0.717) is 17.5 Å². The van der Waals surface area contributed by atoms with Crippen molar-refractivity contribution in [1.82, 2.24) is 4.98 Å². The van der Waals surface area contributed by atoms with E-state index in [1.54, 1.807) is 6.92 Å². The van der Waals surface area contributed by atoms with E-state index in [1.165, 1.54) is 0 Å². The van der Waals surface area contributed by atoms with Crippen molar-refractivity contribution in [3.05, 3.63) is 23.9 Å². The maximum Gasteiger partial charge on any atom is 0.132 e. The fourth-order valence-corrected chi connectivity index (χ4v) is 2.49. The number of carbonyl (C=O) groups is 1. The third-order valence-corrected chi connectivity index (χ3v) is 3.51. The number of carbonyl (C=O) groups excluding carboxylic acids is 1. The lowest BCUT2D eigenvalue weighted by Gasteiger charge is -2.26. The topological polar surface area (TPSA) is 56.0 Å². The summed E-state index contributed by atoms with van der Waals surface area (Å²) in [4.78, 5) is 15.6. The van der Waals surface area contributed by atoms with Crippen LogP contribution in [0.4, 0.5) is 5.82 Å². The molecule has 0 atom stereocenters. The Balaban J connectivity index is 2.01. The number of nitrogen functional groups attached to an aromatic ring is 1. The summed E-state index contributed by atoms with van der Waals surface area (Å²) in [6.07, 6.45) is 4.11. The molecule has 1 fully saturated rings. The largest absolute Gasteiger partial charge is 0.384 e. The molecule has 0 amide bonds. The average Bonchev–Trinajstić information content (AvgIpc) is 2.29. The number of nitrogens with zero attached hydrogens (tertiary/aromatic N) is 1. The Labute approximate surface area is 96.1 Å². The van der Waals surface area contributed by atoms with E-state index in [2.05, 4.69) is 4.98 Å². The van der Waals surface area contributed by atoms with Gasteiger partial charge in [-0.3, -0.25) is 4.79 Å². The van der Waals surface area contributed by atoms with E-state index >= 15 is 0 Å². The maximum absolute atomic E-state index is 11.3. The Morgan fingerprint density at radius 1 is 1.31 bits per heavy atom. The van der Waals surface area contributed by atoms with Gasteiger partial charge in [0.2, 0.25) is 0 Å². The molecule has 2 rings (SSSR count). The molecule has 0 spiro atoms. The van der Waals surface area contributed by atoms with Crippen molar-refractivity contribution in [2.75, 3.05) is 5.73 Å². The van der Waals surface area contributed by atoms with Gasteiger partial charge in [0.15, 0.2) is 0 Å². The summed E-state index contributed by atoms with van der Waals surface area (Å²) in [5, 5.41) is 0. The van der Waals surface area contributed by atoms with Gasteiger partial charge in [-0.05, 0) is 44.7 Å². The number of ketones is 1. The van der Waals surface area contributed by atoms with Crippen LogP contribution in [0.25, 0.3) is 0 Å². The molecule has 16 heavy (non-hydrogen) atoms. The molecule has 0 unspecified atom stereocenters. The molecule has 1 saturated carbocycles. The predicted molar refractivity (Wildman–Crippen MR) is 64.0 cm³/mol. The number of rotatable bonds is 2. The van der Waals surface area contributed by atoms with E-state index in [9.17, 15) is 4.79 Å².